The van der Waals surface area contributed by atoms with Crippen molar-refractivity contribution >= 4 is 0 Å². The van der Waals surface area contributed by atoms with Gasteiger partial charge in [-0.2, -0.15) is 0 Å². The average Bonchev–Trinajstić information content (AvgIpc) is 2.50. The van der Waals surface area contributed by atoms with Crippen LogP contribution in [0.5, 0.6) is 0 Å². The molecule has 1 aromatic rings. The molecule has 110 valence electrons. The highest BCUT2D eigenvalue weighted by atomic mass is 16.5. The van der Waals surface area contributed by atoms with Crippen molar-refractivity contribution in [2.45, 2.75) is 32.1 Å². The fourth-order valence-corrected chi connectivity index (χ4v) is 3.63. The molecule has 0 saturated carbocycles. The van der Waals surface area contributed by atoms with Crippen molar-refractivity contribution in [2.75, 3.05) is 32.8 Å². The van der Waals surface area contributed by atoms with E-state index in [1.807, 2.05) is 12.4 Å². The normalized spacial score (nSPS) is 25.7. The minimum Gasteiger partial charge on any atom is -0.381 e. The van der Waals surface area contributed by atoms with Crippen LogP contribution < -0.4 is 0 Å². The van der Waals surface area contributed by atoms with Crippen LogP contribution in [0.4, 0.5) is 0 Å². The molecule has 2 fully saturated rings. The topological polar surface area (TPSA) is 25.4 Å². The monoisotopic (exact) mass is 274 g/mol. The molecule has 0 amide bonds. The van der Waals surface area contributed by atoms with Crippen molar-refractivity contribution < 1.29 is 4.74 Å². The number of nitrogens with zero attached hydrogens (tertiary/aromatic N) is 2. The second-order valence-corrected chi connectivity index (χ2v) is 6.39. The SMILES string of the molecule is c1cncc(C[C@@H]2CCCN(CC3CCOCC3)C2)c1. The molecule has 0 N–H and O–H groups in total. The third kappa shape index (κ3) is 4.03. The van der Waals surface area contributed by atoms with E-state index in [1.54, 1.807) is 0 Å². The quantitative estimate of drug-likeness (QED) is 0.844. The zero-order chi connectivity index (χ0) is 13.6. The van der Waals surface area contributed by atoms with E-state index in [-0.39, 0.29) is 0 Å². The number of hydrogen-bond acceptors (Lipinski definition) is 3. The van der Waals surface area contributed by atoms with Crippen molar-refractivity contribution in [2.24, 2.45) is 11.8 Å². The van der Waals surface area contributed by atoms with Crippen LogP contribution in [-0.2, 0) is 11.2 Å². The Labute approximate surface area is 122 Å². The number of hydrogen-bond donors (Lipinski definition) is 0. The summed E-state index contributed by atoms with van der Waals surface area (Å²) in [6, 6.07) is 4.27. The molecule has 0 aromatic carbocycles. The van der Waals surface area contributed by atoms with Gasteiger partial charge in [-0.3, -0.25) is 4.98 Å². The number of pyridine rings is 1. The average molecular weight is 274 g/mol. The highest BCUT2D eigenvalue weighted by Gasteiger charge is 2.23. The second-order valence-electron chi connectivity index (χ2n) is 6.39. The molecule has 3 rings (SSSR count). The number of likely N-dealkylation sites (tertiary alicyclic amines) is 1. The summed E-state index contributed by atoms with van der Waals surface area (Å²) < 4.78 is 5.46. The first-order valence-corrected chi connectivity index (χ1v) is 8.09. The van der Waals surface area contributed by atoms with Crippen LogP contribution >= 0.6 is 0 Å². The van der Waals surface area contributed by atoms with Gasteiger partial charge in [-0.25, -0.2) is 0 Å². The Bertz CT molecular complexity index is 389. The molecule has 2 saturated heterocycles. The number of ether oxygens (including phenoxy) is 1. The van der Waals surface area contributed by atoms with E-state index < -0.39 is 0 Å². The second kappa shape index (κ2) is 7.19. The molecule has 2 aliphatic heterocycles. The predicted molar refractivity (Wildman–Crippen MR) is 80.6 cm³/mol. The lowest BCUT2D eigenvalue weighted by Gasteiger charge is -2.36. The first kappa shape index (κ1) is 14.0. The van der Waals surface area contributed by atoms with E-state index in [0.29, 0.717) is 0 Å². The van der Waals surface area contributed by atoms with Gasteiger partial charge in [-0.15, -0.1) is 0 Å². The Morgan fingerprint density at radius 3 is 2.90 bits per heavy atom. The molecule has 2 aliphatic rings. The molecule has 0 unspecified atom stereocenters. The maximum atomic E-state index is 5.46. The minimum absolute atomic E-state index is 0.813. The molecule has 0 bridgehead atoms. The highest BCUT2D eigenvalue weighted by Crippen LogP contribution is 2.23. The van der Waals surface area contributed by atoms with Gasteiger partial charge in [0, 0.05) is 38.7 Å². The van der Waals surface area contributed by atoms with Crippen LogP contribution in [0.25, 0.3) is 0 Å². The predicted octanol–water partition coefficient (Wildman–Crippen LogP) is 2.76. The molecular weight excluding hydrogens is 248 g/mol. The van der Waals surface area contributed by atoms with E-state index in [2.05, 4.69) is 22.0 Å². The van der Waals surface area contributed by atoms with Gasteiger partial charge < -0.3 is 9.64 Å². The Balaban J connectivity index is 1.48. The molecule has 3 heteroatoms. The van der Waals surface area contributed by atoms with E-state index in [1.165, 1.54) is 57.3 Å². The smallest absolute Gasteiger partial charge is 0.0469 e. The van der Waals surface area contributed by atoms with Gasteiger partial charge in [-0.1, -0.05) is 6.07 Å². The van der Waals surface area contributed by atoms with Crippen molar-refractivity contribution in [1.29, 1.82) is 0 Å². The lowest BCUT2D eigenvalue weighted by atomic mass is 9.90. The zero-order valence-corrected chi connectivity index (χ0v) is 12.3. The van der Waals surface area contributed by atoms with Gasteiger partial charge in [0.25, 0.3) is 0 Å². The van der Waals surface area contributed by atoms with Crippen molar-refractivity contribution in [3.63, 3.8) is 0 Å². The van der Waals surface area contributed by atoms with Crippen LogP contribution in [0.2, 0.25) is 0 Å². The Hall–Kier alpha value is -0.930. The standard InChI is InChI=1S/C17H26N2O/c1-3-16(12-18-7-1)11-17-4-2-8-19(14-17)13-15-5-9-20-10-6-15/h1,3,7,12,15,17H,2,4-6,8-11,13-14H2/t17-/m0/s1. The summed E-state index contributed by atoms with van der Waals surface area (Å²) in [6.45, 7) is 5.79. The molecule has 3 heterocycles. The number of aromatic nitrogens is 1. The van der Waals surface area contributed by atoms with Gasteiger partial charge >= 0.3 is 0 Å². The van der Waals surface area contributed by atoms with Crippen molar-refractivity contribution in [1.82, 2.24) is 9.88 Å². The first-order valence-electron chi connectivity index (χ1n) is 8.09. The van der Waals surface area contributed by atoms with Crippen molar-refractivity contribution in [3.8, 4) is 0 Å². The molecule has 0 aliphatic carbocycles. The molecule has 1 aromatic heterocycles. The van der Waals surface area contributed by atoms with E-state index in [4.69, 9.17) is 4.74 Å². The van der Waals surface area contributed by atoms with Gasteiger partial charge in [0.05, 0.1) is 0 Å². The van der Waals surface area contributed by atoms with E-state index in [9.17, 15) is 0 Å². The Kier molecular flexibility index (Phi) is 5.04. The van der Waals surface area contributed by atoms with Crippen LogP contribution in [0.3, 0.4) is 0 Å². The van der Waals surface area contributed by atoms with Gasteiger partial charge in [0.1, 0.15) is 0 Å². The lowest BCUT2D eigenvalue weighted by molar-refractivity contribution is 0.0452. The summed E-state index contributed by atoms with van der Waals surface area (Å²) in [4.78, 5) is 6.93. The molecule has 0 spiro atoms. The van der Waals surface area contributed by atoms with Crippen LogP contribution in [0.15, 0.2) is 24.5 Å². The molecular formula is C17H26N2O. The summed E-state index contributed by atoms with van der Waals surface area (Å²) in [5, 5.41) is 0. The third-order valence-electron chi connectivity index (χ3n) is 4.71. The van der Waals surface area contributed by atoms with E-state index >= 15 is 0 Å². The van der Waals surface area contributed by atoms with Crippen molar-refractivity contribution in [3.05, 3.63) is 30.1 Å². The van der Waals surface area contributed by atoms with Crippen LogP contribution in [-0.4, -0.2) is 42.7 Å². The lowest BCUT2D eigenvalue weighted by Crippen LogP contribution is -2.40. The van der Waals surface area contributed by atoms with Gasteiger partial charge in [-0.05, 0) is 62.1 Å². The van der Waals surface area contributed by atoms with E-state index in [0.717, 1.165) is 25.0 Å². The van der Waals surface area contributed by atoms with Crippen LogP contribution in [0.1, 0.15) is 31.2 Å². The molecule has 20 heavy (non-hydrogen) atoms. The maximum Gasteiger partial charge on any atom is 0.0469 e. The largest absolute Gasteiger partial charge is 0.381 e. The van der Waals surface area contributed by atoms with Gasteiger partial charge in [0.2, 0.25) is 0 Å². The summed E-state index contributed by atoms with van der Waals surface area (Å²) in [7, 11) is 0. The Morgan fingerprint density at radius 1 is 1.20 bits per heavy atom. The summed E-state index contributed by atoms with van der Waals surface area (Å²) >= 11 is 0. The molecule has 3 nitrogen and oxygen atoms in total. The van der Waals surface area contributed by atoms with Crippen LogP contribution in [0, 0.1) is 11.8 Å². The fourth-order valence-electron chi connectivity index (χ4n) is 3.63. The summed E-state index contributed by atoms with van der Waals surface area (Å²) in [6.07, 6.45) is 10.3. The zero-order valence-electron chi connectivity index (χ0n) is 12.3. The number of piperidine rings is 1. The third-order valence-corrected chi connectivity index (χ3v) is 4.71. The first-order chi connectivity index (χ1) is 9.90. The summed E-state index contributed by atoms with van der Waals surface area (Å²) in [5.74, 6) is 1.67. The Morgan fingerprint density at radius 2 is 2.10 bits per heavy atom. The van der Waals surface area contributed by atoms with Gasteiger partial charge in [0.15, 0.2) is 0 Å². The molecule has 0 radical (unpaired) electrons. The maximum absolute atomic E-state index is 5.46. The molecule has 1 atom stereocenters. The minimum atomic E-state index is 0.813. The summed E-state index contributed by atoms with van der Waals surface area (Å²) in [5.41, 5.74) is 1.39. The fraction of sp³-hybridized carbons (Fsp3) is 0.706. The highest BCUT2D eigenvalue weighted by molar-refractivity contribution is 5.09. The number of rotatable bonds is 4.